The molecular weight excluding hydrogens is 282 g/mol. The van der Waals surface area contributed by atoms with E-state index in [4.69, 9.17) is 0 Å². The van der Waals surface area contributed by atoms with Gasteiger partial charge in [-0.1, -0.05) is 0 Å². The van der Waals surface area contributed by atoms with Gasteiger partial charge in [-0.15, -0.1) is 11.3 Å². The zero-order chi connectivity index (χ0) is 13.9. The van der Waals surface area contributed by atoms with Gasteiger partial charge in [-0.05, 0) is 38.2 Å². The van der Waals surface area contributed by atoms with Crippen LogP contribution in [-0.4, -0.2) is 20.4 Å². The fourth-order valence-electron chi connectivity index (χ4n) is 1.61. The molecule has 102 valence electrons. The molecule has 1 atom stereocenters. The quantitative estimate of drug-likeness (QED) is 0.888. The highest BCUT2D eigenvalue weighted by Gasteiger charge is 2.11. The van der Waals surface area contributed by atoms with Crippen molar-refractivity contribution >= 4 is 27.0 Å². The molecule has 19 heavy (non-hydrogen) atoms. The molecule has 0 amide bonds. The minimum atomic E-state index is -3.37. The van der Waals surface area contributed by atoms with E-state index in [1.807, 2.05) is 13.1 Å². The third-order valence-corrected chi connectivity index (χ3v) is 5.08. The number of hydrogen-bond acceptors (Lipinski definition) is 5. The van der Waals surface area contributed by atoms with Crippen molar-refractivity contribution < 1.29 is 8.42 Å². The van der Waals surface area contributed by atoms with Gasteiger partial charge in [0.15, 0.2) is 0 Å². The van der Waals surface area contributed by atoms with Gasteiger partial charge in [0.2, 0.25) is 10.0 Å². The Bertz CT molecular complexity index is 622. The van der Waals surface area contributed by atoms with E-state index >= 15 is 0 Å². The standard InChI is InChI=1S/C12H15N3O2S2/c1-9(12-7-14-8-18-12)15-10-3-5-11(6-4-10)19(16,17)13-2/h3-9,13,15H,1-2H3. The van der Waals surface area contributed by atoms with Crippen molar-refractivity contribution in [3.8, 4) is 0 Å². The van der Waals surface area contributed by atoms with Crippen LogP contribution in [0, 0.1) is 0 Å². The summed E-state index contributed by atoms with van der Waals surface area (Å²) in [6.45, 7) is 2.03. The number of benzene rings is 1. The van der Waals surface area contributed by atoms with E-state index in [1.165, 1.54) is 7.05 Å². The van der Waals surface area contributed by atoms with E-state index in [0.717, 1.165) is 10.6 Å². The van der Waals surface area contributed by atoms with E-state index in [1.54, 1.807) is 41.1 Å². The molecule has 1 unspecified atom stereocenters. The molecule has 1 aromatic carbocycles. The molecule has 0 aliphatic carbocycles. The number of aromatic nitrogens is 1. The Balaban J connectivity index is 2.11. The third kappa shape index (κ3) is 3.31. The summed E-state index contributed by atoms with van der Waals surface area (Å²) in [5.41, 5.74) is 2.66. The smallest absolute Gasteiger partial charge is 0.240 e. The predicted octanol–water partition coefficient (Wildman–Crippen LogP) is 2.22. The number of nitrogens with one attached hydrogen (secondary N) is 2. The maximum absolute atomic E-state index is 11.6. The maximum atomic E-state index is 11.6. The Labute approximate surface area is 116 Å². The van der Waals surface area contributed by atoms with Crippen molar-refractivity contribution in [2.45, 2.75) is 17.9 Å². The number of anilines is 1. The second-order valence-electron chi connectivity index (χ2n) is 4.00. The molecule has 0 aliphatic rings. The lowest BCUT2D eigenvalue weighted by Crippen LogP contribution is -2.18. The SMILES string of the molecule is CNS(=O)(=O)c1ccc(NC(C)c2cncs2)cc1. The fourth-order valence-corrected chi connectivity index (χ4v) is 2.97. The molecule has 0 bridgehead atoms. The van der Waals surface area contributed by atoms with Crippen LogP contribution in [0.25, 0.3) is 0 Å². The highest BCUT2D eigenvalue weighted by Crippen LogP contribution is 2.22. The van der Waals surface area contributed by atoms with E-state index in [0.29, 0.717) is 0 Å². The minimum absolute atomic E-state index is 0.138. The molecule has 2 aromatic rings. The Kier molecular flexibility index (Phi) is 4.18. The van der Waals surface area contributed by atoms with Gasteiger partial charge in [0.1, 0.15) is 0 Å². The average Bonchev–Trinajstić information content (AvgIpc) is 2.93. The van der Waals surface area contributed by atoms with Crippen LogP contribution >= 0.6 is 11.3 Å². The number of thiazole rings is 1. The van der Waals surface area contributed by atoms with Gasteiger partial charge in [-0.3, -0.25) is 4.98 Å². The first kappa shape index (κ1) is 14.0. The summed E-state index contributed by atoms with van der Waals surface area (Å²) in [5, 5.41) is 3.30. The van der Waals surface area contributed by atoms with Crippen LogP contribution in [-0.2, 0) is 10.0 Å². The van der Waals surface area contributed by atoms with Crippen LogP contribution in [0.4, 0.5) is 5.69 Å². The molecule has 0 saturated heterocycles. The highest BCUT2D eigenvalue weighted by atomic mass is 32.2. The fraction of sp³-hybridized carbons (Fsp3) is 0.250. The van der Waals surface area contributed by atoms with Crippen LogP contribution in [0.1, 0.15) is 17.8 Å². The summed E-state index contributed by atoms with van der Waals surface area (Å²) in [7, 11) is -1.98. The first-order valence-corrected chi connectivity index (χ1v) is 8.08. The van der Waals surface area contributed by atoms with Crippen LogP contribution < -0.4 is 10.0 Å². The lowest BCUT2D eigenvalue weighted by atomic mass is 10.2. The van der Waals surface area contributed by atoms with Gasteiger partial charge in [0, 0.05) is 16.8 Å². The van der Waals surface area contributed by atoms with Crippen molar-refractivity contribution in [2.24, 2.45) is 0 Å². The normalized spacial score (nSPS) is 13.2. The van der Waals surface area contributed by atoms with Gasteiger partial charge < -0.3 is 5.32 Å². The number of nitrogens with zero attached hydrogens (tertiary/aromatic N) is 1. The molecular formula is C12H15N3O2S2. The second-order valence-corrected chi connectivity index (χ2v) is 6.81. The van der Waals surface area contributed by atoms with Crippen LogP contribution in [0.5, 0.6) is 0 Å². The summed E-state index contributed by atoms with van der Waals surface area (Å²) >= 11 is 1.58. The monoisotopic (exact) mass is 297 g/mol. The van der Waals surface area contributed by atoms with E-state index in [-0.39, 0.29) is 10.9 Å². The molecule has 1 aromatic heterocycles. The van der Waals surface area contributed by atoms with E-state index in [2.05, 4.69) is 15.0 Å². The Morgan fingerprint density at radius 1 is 1.26 bits per heavy atom. The third-order valence-electron chi connectivity index (χ3n) is 2.69. The molecule has 0 aliphatic heterocycles. The summed E-state index contributed by atoms with van der Waals surface area (Å²) in [4.78, 5) is 5.42. The van der Waals surface area contributed by atoms with Crippen molar-refractivity contribution in [1.82, 2.24) is 9.71 Å². The second kappa shape index (κ2) is 5.68. The molecule has 0 radical (unpaired) electrons. The largest absolute Gasteiger partial charge is 0.378 e. The summed E-state index contributed by atoms with van der Waals surface area (Å²) < 4.78 is 25.5. The molecule has 0 spiro atoms. The first-order valence-electron chi connectivity index (χ1n) is 5.71. The summed E-state index contributed by atoms with van der Waals surface area (Å²) in [6.07, 6.45) is 1.82. The Morgan fingerprint density at radius 3 is 2.47 bits per heavy atom. The van der Waals surface area contributed by atoms with Gasteiger partial charge >= 0.3 is 0 Å². The number of rotatable bonds is 5. The molecule has 7 heteroatoms. The lowest BCUT2D eigenvalue weighted by molar-refractivity contribution is 0.588. The first-order chi connectivity index (χ1) is 9.03. The van der Waals surface area contributed by atoms with Crippen molar-refractivity contribution in [3.63, 3.8) is 0 Å². The zero-order valence-corrected chi connectivity index (χ0v) is 12.3. The van der Waals surface area contributed by atoms with Crippen molar-refractivity contribution in [3.05, 3.63) is 40.8 Å². The summed E-state index contributed by atoms with van der Waals surface area (Å²) in [5.74, 6) is 0. The van der Waals surface area contributed by atoms with Crippen molar-refractivity contribution in [2.75, 3.05) is 12.4 Å². The summed E-state index contributed by atoms with van der Waals surface area (Å²) in [6, 6.07) is 6.80. The lowest BCUT2D eigenvalue weighted by Gasteiger charge is -2.13. The molecule has 0 fully saturated rings. The molecule has 2 rings (SSSR count). The molecule has 5 nitrogen and oxygen atoms in total. The molecule has 2 N–H and O–H groups in total. The zero-order valence-electron chi connectivity index (χ0n) is 10.6. The maximum Gasteiger partial charge on any atom is 0.240 e. The van der Waals surface area contributed by atoms with Gasteiger partial charge in [0.05, 0.1) is 16.4 Å². The molecule has 1 heterocycles. The van der Waals surface area contributed by atoms with E-state index in [9.17, 15) is 8.42 Å². The van der Waals surface area contributed by atoms with Gasteiger partial charge in [0.25, 0.3) is 0 Å². The van der Waals surface area contributed by atoms with E-state index < -0.39 is 10.0 Å². The number of hydrogen-bond donors (Lipinski definition) is 2. The van der Waals surface area contributed by atoms with Gasteiger partial charge in [-0.2, -0.15) is 0 Å². The van der Waals surface area contributed by atoms with Crippen molar-refractivity contribution in [1.29, 1.82) is 0 Å². The average molecular weight is 297 g/mol. The predicted molar refractivity (Wildman–Crippen MR) is 76.8 cm³/mol. The van der Waals surface area contributed by atoms with Crippen LogP contribution in [0.3, 0.4) is 0 Å². The Morgan fingerprint density at radius 2 is 1.95 bits per heavy atom. The topological polar surface area (TPSA) is 71.1 Å². The number of sulfonamides is 1. The minimum Gasteiger partial charge on any atom is -0.378 e. The molecule has 0 saturated carbocycles. The van der Waals surface area contributed by atoms with Crippen LogP contribution in [0.15, 0.2) is 40.9 Å². The van der Waals surface area contributed by atoms with Crippen LogP contribution in [0.2, 0.25) is 0 Å². The highest BCUT2D eigenvalue weighted by molar-refractivity contribution is 7.89. The van der Waals surface area contributed by atoms with Gasteiger partial charge in [-0.25, -0.2) is 13.1 Å². The Hall–Kier alpha value is -1.44.